The number of halogens is 1. The lowest BCUT2D eigenvalue weighted by atomic mass is 10.2. The number of carboxylic acid groups (broad SMARTS) is 1. The number of amides is 3. The number of carbonyl (C=O) groups excluding carboxylic acids is 2. The highest BCUT2D eigenvalue weighted by molar-refractivity contribution is 5.94. The molecule has 4 N–H and O–H groups in total. The molecular weight excluding hydrogens is 340 g/mol. The van der Waals surface area contributed by atoms with Crippen LogP contribution in [0.2, 0.25) is 0 Å². The summed E-state index contributed by atoms with van der Waals surface area (Å²) in [6.45, 7) is 3.86. The maximum Gasteiger partial charge on any atom is 0.315 e. The van der Waals surface area contributed by atoms with Gasteiger partial charge in [0, 0.05) is 24.6 Å². The highest BCUT2D eigenvalue weighted by Crippen LogP contribution is 2.03. The minimum Gasteiger partial charge on any atom is -0.481 e. The molecule has 0 fully saturated rings. The highest BCUT2D eigenvalue weighted by Gasteiger charge is 2.08. The van der Waals surface area contributed by atoms with Crippen molar-refractivity contribution in [2.45, 2.75) is 45.1 Å². The Morgan fingerprint density at radius 1 is 1.19 bits per heavy atom. The van der Waals surface area contributed by atoms with Crippen LogP contribution in [-0.2, 0) is 4.79 Å². The Labute approximate surface area is 152 Å². The number of carboxylic acids is 1. The van der Waals surface area contributed by atoms with Gasteiger partial charge in [0.05, 0.1) is 6.54 Å². The Morgan fingerprint density at radius 2 is 1.88 bits per heavy atom. The molecule has 143 valence electrons. The van der Waals surface area contributed by atoms with Crippen molar-refractivity contribution in [1.82, 2.24) is 16.0 Å². The van der Waals surface area contributed by atoms with Crippen molar-refractivity contribution >= 4 is 17.9 Å². The van der Waals surface area contributed by atoms with Crippen molar-refractivity contribution in [3.05, 3.63) is 42.2 Å². The number of urea groups is 1. The summed E-state index contributed by atoms with van der Waals surface area (Å²) in [5.74, 6) is -1.52. The summed E-state index contributed by atoms with van der Waals surface area (Å²) < 4.78 is 12.8. The van der Waals surface area contributed by atoms with Gasteiger partial charge < -0.3 is 21.1 Å². The van der Waals surface area contributed by atoms with Gasteiger partial charge in [0.15, 0.2) is 0 Å². The third-order valence-corrected chi connectivity index (χ3v) is 3.57. The average Bonchev–Trinajstić information content (AvgIpc) is 2.59. The van der Waals surface area contributed by atoms with Crippen LogP contribution in [0.15, 0.2) is 24.3 Å². The molecule has 0 aliphatic carbocycles. The van der Waals surface area contributed by atoms with Gasteiger partial charge in [-0.3, -0.25) is 9.59 Å². The van der Waals surface area contributed by atoms with Gasteiger partial charge in [0.2, 0.25) is 0 Å². The Kier molecular flexibility index (Phi) is 9.74. The average molecular weight is 365 g/mol. The second-order valence-corrected chi connectivity index (χ2v) is 5.91. The van der Waals surface area contributed by atoms with E-state index in [2.05, 4.69) is 16.0 Å². The zero-order valence-corrected chi connectivity index (χ0v) is 14.8. The van der Waals surface area contributed by atoms with Gasteiger partial charge in [-0.15, -0.1) is 0 Å². The van der Waals surface area contributed by atoms with E-state index in [9.17, 15) is 18.8 Å². The van der Waals surface area contributed by atoms with Gasteiger partial charge in [-0.05, 0) is 56.9 Å². The summed E-state index contributed by atoms with van der Waals surface area (Å²) in [6.07, 6.45) is 2.54. The molecule has 1 aromatic rings. The molecule has 1 atom stereocenters. The number of nitrogens with one attached hydrogen (secondary N) is 3. The quantitative estimate of drug-likeness (QED) is 0.452. The molecule has 0 aliphatic heterocycles. The van der Waals surface area contributed by atoms with E-state index in [1.165, 1.54) is 24.3 Å². The van der Waals surface area contributed by atoms with Crippen molar-refractivity contribution in [3.63, 3.8) is 0 Å². The molecule has 26 heavy (non-hydrogen) atoms. The monoisotopic (exact) mass is 365 g/mol. The fraction of sp³-hybridized carbons (Fsp3) is 0.444. The van der Waals surface area contributed by atoms with Gasteiger partial charge in [-0.1, -0.05) is 0 Å². The zero-order chi connectivity index (χ0) is 19.4. The largest absolute Gasteiger partial charge is 0.481 e. The van der Waals surface area contributed by atoms with Gasteiger partial charge in [0.1, 0.15) is 5.82 Å². The third-order valence-electron chi connectivity index (χ3n) is 3.57. The van der Waals surface area contributed by atoms with Gasteiger partial charge in [-0.2, -0.15) is 0 Å². The molecular formula is C18H25FN3O4. The Morgan fingerprint density at radius 3 is 2.54 bits per heavy atom. The van der Waals surface area contributed by atoms with E-state index in [4.69, 9.17) is 5.11 Å². The van der Waals surface area contributed by atoms with Crippen molar-refractivity contribution in [2.24, 2.45) is 0 Å². The van der Waals surface area contributed by atoms with Crippen molar-refractivity contribution in [3.8, 4) is 0 Å². The van der Waals surface area contributed by atoms with E-state index in [0.717, 1.165) is 12.8 Å². The molecule has 0 aliphatic rings. The lowest BCUT2D eigenvalue weighted by molar-refractivity contribution is -0.137. The minimum absolute atomic E-state index is 0.00873. The highest BCUT2D eigenvalue weighted by atomic mass is 18.2. The number of unbranched alkanes of at least 4 members (excludes halogenated alkanes) is 2. The zero-order valence-electron chi connectivity index (χ0n) is 14.8. The van der Waals surface area contributed by atoms with Crippen LogP contribution in [0, 0.1) is 12.4 Å². The normalized spacial score (nSPS) is 11.5. The lowest BCUT2D eigenvalue weighted by Crippen LogP contribution is -2.39. The molecule has 0 aromatic heterocycles. The van der Waals surface area contributed by atoms with Crippen LogP contribution in [0.4, 0.5) is 9.18 Å². The van der Waals surface area contributed by atoms with Gasteiger partial charge in [0.25, 0.3) is 5.91 Å². The second-order valence-electron chi connectivity index (χ2n) is 5.91. The van der Waals surface area contributed by atoms with Crippen LogP contribution >= 0.6 is 0 Å². The van der Waals surface area contributed by atoms with Crippen molar-refractivity contribution in [1.29, 1.82) is 0 Å². The van der Waals surface area contributed by atoms with Crippen LogP contribution in [-0.4, -0.2) is 35.6 Å². The summed E-state index contributed by atoms with van der Waals surface area (Å²) in [5, 5.41) is 16.6. The van der Waals surface area contributed by atoms with Crippen LogP contribution in [0.25, 0.3) is 0 Å². The molecule has 0 saturated carbocycles. The third kappa shape index (κ3) is 9.61. The molecule has 1 aromatic carbocycles. The second kappa shape index (κ2) is 11.8. The fourth-order valence-corrected chi connectivity index (χ4v) is 2.12. The number of hydrogen-bond donors (Lipinski definition) is 4. The first-order chi connectivity index (χ1) is 12.4. The SMILES string of the molecule is CC(CCC(=O)O)NC(=O)N[CH]CCCCNC(=O)c1ccc([18F])cc1. The van der Waals surface area contributed by atoms with E-state index in [1.807, 2.05) is 0 Å². The van der Waals surface area contributed by atoms with Gasteiger partial charge >= 0.3 is 12.0 Å². The smallest absolute Gasteiger partial charge is 0.315 e. The summed E-state index contributed by atoms with van der Waals surface area (Å²) in [5.41, 5.74) is 0.410. The number of hydrogen-bond acceptors (Lipinski definition) is 3. The number of aliphatic carboxylic acids is 1. The van der Waals surface area contributed by atoms with Crippen LogP contribution in [0.1, 0.15) is 49.4 Å². The molecule has 3 amide bonds. The lowest BCUT2D eigenvalue weighted by Gasteiger charge is -2.13. The summed E-state index contributed by atoms with van der Waals surface area (Å²) in [6, 6.07) is 4.75. The number of rotatable bonds is 11. The van der Waals surface area contributed by atoms with Crippen molar-refractivity contribution < 1.29 is 23.9 Å². The topological polar surface area (TPSA) is 108 Å². The maximum atomic E-state index is 12.8. The fourth-order valence-electron chi connectivity index (χ4n) is 2.12. The predicted molar refractivity (Wildman–Crippen MR) is 94.9 cm³/mol. The van der Waals surface area contributed by atoms with E-state index in [1.54, 1.807) is 13.5 Å². The molecule has 7 nitrogen and oxygen atoms in total. The van der Waals surface area contributed by atoms with Crippen LogP contribution in [0.5, 0.6) is 0 Å². The molecule has 0 heterocycles. The Bertz CT molecular complexity index is 593. The van der Waals surface area contributed by atoms with Crippen molar-refractivity contribution in [2.75, 3.05) is 6.54 Å². The van der Waals surface area contributed by atoms with E-state index < -0.39 is 5.97 Å². The Balaban J connectivity index is 2.03. The minimum atomic E-state index is -0.892. The maximum absolute atomic E-state index is 12.8. The standard InChI is InChI=1S/C18H25FN3O4/c1-13(5-10-16(23)24)22-18(26)21-12-4-2-3-11-20-17(25)14-6-8-15(19)9-7-14/h6-9,12-13H,2-5,10-11H2,1H3,(H,20,25)(H,23,24)(H2,21,22,26)/i19-1. The summed E-state index contributed by atoms with van der Waals surface area (Å²) in [7, 11) is 0. The first kappa shape index (κ1) is 21.4. The number of benzene rings is 1. The molecule has 1 radical (unpaired) electrons. The molecule has 0 saturated heterocycles. The summed E-state index contributed by atoms with van der Waals surface area (Å²) in [4.78, 5) is 33.8. The van der Waals surface area contributed by atoms with Gasteiger partial charge in [-0.25, -0.2) is 9.18 Å². The number of carbonyl (C=O) groups is 3. The van der Waals surface area contributed by atoms with Crippen LogP contribution < -0.4 is 16.0 Å². The molecule has 0 bridgehead atoms. The Hall–Kier alpha value is -2.64. The predicted octanol–water partition coefficient (Wildman–Crippen LogP) is 2.44. The first-order valence-electron chi connectivity index (χ1n) is 8.52. The van der Waals surface area contributed by atoms with Crippen LogP contribution in [0.3, 0.4) is 0 Å². The van der Waals surface area contributed by atoms with E-state index in [0.29, 0.717) is 24.9 Å². The van der Waals surface area contributed by atoms with E-state index in [-0.39, 0.29) is 30.2 Å². The summed E-state index contributed by atoms with van der Waals surface area (Å²) >= 11 is 0. The molecule has 0 spiro atoms. The van der Waals surface area contributed by atoms with E-state index >= 15 is 0 Å². The molecule has 1 rings (SSSR count). The molecule has 8 heteroatoms. The first-order valence-corrected chi connectivity index (χ1v) is 8.52. The molecule has 1 unspecified atom stereocenters.